The second-order valence-corrected chi connectivity index (χ2v) is 10.4. The van der Waals surface area contributed by atoms with E-state index in [2.05, 4.69) is 21.8 Å². The molecule has 5 rings (SSSR count). The number of anilines is 1. The summed E-state index contributed by atoms with van der Waals surface area (Å²) in [6.07, 6.45) is 2.91. The second-order valence-electron chi connectivity index (χ2n) is 10.4. The third-order valence-corrected chi connectivity index (χ3v) is 7.80. The number of aryl methyl sites for hydroxylation is 1. The van der Waals surface area contributed by atoms with Gasteiger partial charge in [0.15, 0.2) is 11.4 Å². The number of aliphatic hydroxyl groups is 1. The number of hydrogen-bond donors (Lipinski definition) is 3. The number of amides is 2. The first kappa shape index (κ1) is 27.2. The normalized spacial score (nSPS) is 25.2. The molecule has 2 amide bonds. The monoisotopic (exact) mass is 550 g/mol. The number of alkyl halides is 3. The average molecular weight is 551 g/mol. The zero-order valence-corrected chi connectivity index (χ0v) is 21.3. The summed E-state index contributed by atoms with van der Waals surface area (Å²) in [6, 6.07) is 1.75. The maximum absolute atomic E-state index is 13.8. The highest BCUT2D eigenvalue weighted by Gasteiger charge is 2.55. The van der Waals surface area contributed by atoms with Crippen LogP contribution in [0.25, 0.3) is 0 Å². The van der Waals surface area contributed by atoms with Crippen LogP contribution in [0.4, 0.5) is 23.2 Å². The highest BCUT2D eigenvalue weighted by molar-refractivity contribution is 5.97. The van der Waals surface area contributed by atoms with Crippen LogP contribution in [0.15, 0.2) is 36.0 Å². The number of ether oxygens (including phenoxy) is 1. The Morgan fingerprint density at radius 3 is 2.62 bits per heavy atom. The van der Waals surface area contributed by atoms with E-state index >= 15 is 0 Å². The van der Waals surface area contributed by atoms with Gasteiger partial charge in [-0.1, -0.05) is 11.6 Å². The molecule has 0 aliphatic heterocycles. The van der Waals surface area contributed by atoms with Crippen LogP contribution in [0.1, 0.15) is 48.2 Å². The fourth-order valence-electron chi connectivity index (χ4n) is 5.88. The van der Waals surface area contributed by atoms with Crippen molar-refractivity contribution in [2.45, 2.75) is 50.9 Å². The highest BCUT2D eigenvalue weighted by atomic mass is 19.4. The van der Waals surface area contributed by atoms with Gasteiger partial charge in [0.1, 0.15) is 5.82 Å². The van der Waals surface area contributed by atoms with Gasteiger partial charge in [0.05, 0.1) is 24.8 Å². The zero-order valence-electron chi connectivity index (χ0n) is 21.3. The van der Waals surface area contributed by atoms with E-state index in [9.17, 15) is 27.2 Å². The molecule has 3 saturated carbocycles. The number of fused-ring (bicyclic) bond motifs is 2. The van der Waals surface area contributed by atoms with Crippen molar-refractivity contribution in [3.05, 3.63) is 53.1 Å². The number of nitrogens with zero attached hydrogens (tertiary/aromatic N) is 2. The molecular formula is C27H30F4N4O4. The molecule has 3 fully saturated rings. The van der Waals surface area contributed by atoms with Crippen LogP contribution in [0.5, 0.6) is 5.75 Å². The Labute approximate surface area is 222 Å². The van der Waals surface area contributed by atoms with E-state index in [4.69, 9.17) is 9.84 Å². The van der Waals surface area contributed by atoms with Gasteiger partial charge in [-0.05, 0) is 62.1 Å². The van der Waals surface area contributed by atoms with Crippen LogP contribution in [0.2, 0.25) is 0 Å². The lowest BCUT2D eigenvalue weighted by Gasteiger charge is -2.30. The summed E-state index contributed by atoms with van der Waals surface area (Å²) >= 11 is 0. The molecule has 0 unspecified atom stereocenters. The summed E-state index contributed by atoms with van der Waals surface area (Å²) < 4.78 is 60.3. The van der Waals surface area contributed by atoms with Crippen LogP contribution < -0.4 is 15.4 Å². The summed E-state index contributed by atoms with van der Waals surface area (Å²) in [4.78, 5) is 26.9. The van der Waals surface area contributed by atoms with E-state index in [1.807, 2.05) is 0 Å². The molecular weight excluding hydrogens is 520 g/mol. The molecule has 2 bridgehead atoms. The van der Waals surface area contributed by atoms with E-state index in [0.717, 1.165) is 37.3 Å². The van der Waals surface area contributed by atoms with Crippen LogP contribution >= 0.6 is 0 Å². The van der Waals surface area contributed by atoms with Gasteiger partial charge in [0.25, 0.3) is 5.91 Å². The fourth-order valence-corrected chi connectivity index (χ4v) is 5.88. The van der Waals surface area contributed by atoms with E-state index in [0.29, 0.717) is 31.0 Å². The van der Waals surface area contributed by atoms with Crippen molar-refractivity contribution in [2.24, 2.45) is 23.7 Å². The molecule has 3 aliphatic carbocycles. The zero-order chi connectivity index (χ0) is 27.9. The summed E-state index contributed by atoms with van der Waals surface area (Å²) in [7, 11) is 1.41. The predicted molar refractivity (Wildman–Crippen MR) is 132 cm³/mol. The molecule has 1 aromatic heterocycles. The summed E-state index contributed by atoms with van der Waals surface area (Å²) in [6.45, 7) is 0.339. The topological polar surface area (TPSA) is 105 Å². The van der Waals surface area contributed by atoms with Gasteiger partial charge >= 0.3 is 6.18 Å². The number of carbonyl (C=O) groups is 2. The number of hydrogen-bond acceptors (Lipinski definition) is 5. The van der Waals surface area contributed by atoms with E-state index in [-0.39, 0.29) is 35.6 Å². The van der Waals surface area contributed by atoms with Crippen LogP contribution in [0, 0.1) is 29.5 Å². The molecule has 3 N–H and O–H groups in total. The first-order chi connectivity index (χ1) is 18.6. The fraction of sp³-hybridized carbons (Fsp3) is 0.519. The molecule has 4 atom stereocenters. The van der Waals surface area contributed by atoms with Crippen molar-refractivity contribution >= 4 is 17.5 Å². The van der Waals surface area contributed by atoms with Crippen molar-refractivity contribution in [2.75, 3.05) is 19.0 Å². The Kier molecular flexibility index (Phi) is 7.41. The maximum Gasteiger partial charge on any atom is 0.419 e. The standard InChI is InChI=1S/C27H30F4N4O4/c1-39-21-13-35(9-2-10-36)34-24(21)26(38)33-23-17-7-6-16(18(17)11-14-3-4-14)22(23)25(37)32-15-5-8-20(28)19(12-15)27(29,30)31/h5,8,11-14,16-17,22-23,36H,2-4,6-7,9-10H2,1H3,(H,32,37)(H,33,38)/b18-11-/t16-,17+,22-,23+/m0/s1. The lowest BCUT2D eigenvalue weighted by Crippen LogP contribution is -2.48. The molecule has 1 aromatic carbocycles. The molecule has 1 heterocycles. The number of rotatable bonds is 9. The first-order valence-electron chi connectivity index (χ1n) is 13.0. The smallest absolute Gasteiger partial charge is 0.419 e. The average Bonchev–Trinajstić information content (AvgIpc) is 3.37. The predicted octanol–water partition coefficient (Wildman–Crippen LogP) is 4.16. The summed E-state index contributed by atoms with van der Waals surface area (Å²) in [5.74, 6) is -2.77. The number of nitrogens with one attached hydrogen (secondary N) is 2. The number of benzene rings is 1. The largest absolute Gasteiger partial charge is 0.493 e. The second kappa shape index (κ2) is 10.6. The van der Waals surface area contributed by atoms with Crippen LogP contribution in [-0.4, -0.2) is 46.5 Å². The molecule has 0 saturated heterocycles. The first-order valence-corrected chi connectivity index (χ1v) is 13.0. The van der Waals surface area contributed by atoms with E-state index in [1.165, 1.54) is 11.8 Å². The van der Waals surface area contributed by atoms with Crippen molar-refractivity contribution in [3.63, 3.8) is 0 Å². The number of allylic oxidation sites excluding steroid dienone is 1. The number of carbonyl (C=O) groups excluding carboxylic acids is 2. The molecule has 0 radical (unpaired) electrons. The van der Waals surface area contributed by atoms with Gasteiger partial charge in [-0.3, -0.25) is 14.3 Å². The molecule has 12 heteroatoms. The lowest BCUT2D eigenvalue weighted by atomic mass is 9.83. The lowest BCUT2D eigenvalue weighted by molar-refractivity contribution is -0.140. The van der Waals surface area contributed by atoms with Crippen molar-refractivity contribution in [3.8, 4) is 5.75 Å². The van der Waals surface area contributed by atoms with Crippen LogP contribution in [0.3, 0.4) is 0 Å². The minimum atomic E-state index is -4.91. The Morgan fingerprint density at radius 1 is 1.21 bits per heavy atom. The van der Waals surface area contributed by atoms with E-state index < -0.39 is 41.3 Å². The third-order valence-electron chi connectivity index (χ3n) is 7.80. The molecule has 3 aliphatic rings. The van der Waals surface area contributed by atoms with Gasteiger partial charge in [-0.25, -0.2) is 4.39 Å². The van der Waals surface area contributed by atoms with Crippen LogP contribution in [-0.2, 0) is 17.5 Å². The van der Waals surface area contributed by atoms with Gasteiger partial charge in [-0.15, -0.1) is 0 Å². The SMILES string of the molecule is COc1cn(CCCO)nc1C(=O)N[C@H]1[C@@H](C(=O)Nc2ccc(F)c(C(F)(F)F)c2)[C@H]2CC[C@@H]1/C2=C\C1CC1. The van der Waals surface area contributed by atoms with Gasteiger partial charge in [-0.2, -0.15) is 18.3 Å². The van der Waals surface area contributed by atoms with Gasteiger partial charge in [0.2, 0.25) is 5.91 Å². The van der Waals surface area contributed by atoms with Gasteiger partial charge < -0.3 is 20.5 Å². The van der Waals surface area contributed by atoms with Crippen molar-refractivity contribution in [1.82, 2.24) is 15.1 Å². The minimum absolute atomic E-state index is 0.0402. The number of halogens is 4. The molecule has 2 aromatic rings. The Morgan fingerprint density at radius 2 is 1.95 bits per heavy atom. The summed E-state index contributed by atoms with van der Waals surface area (Å²) in [5.41, 5.74) is -0.480. The van der Waals surface area contributed by atoms with Crippen molar-refractivity contribution in [1.29, 1.82) is 0 Å². The molecule has 0 spiro atoms. The summed E-state index contributed by atoms with van der Waals surface area (Å²) in [5, 5.41) is 18.9. The third kappa shape index (κ3) is 5.52. The number of aromatic nitrogens is 2. The quantitative estimate of drug-likeness (QED) is 0.321. The maximum atomic E-state index is 13.8. The number of methoxy groups -OCH3 is 1. The Hall–Kier alpha value is -3.41. The van der Waals surface area contributed by atoms with Crippen molar-refractivity contribution < 1.29 is 37.0 Å². The minimum Gasteiger partial charge on any atom is -0.493 e. The van der Waals surface area contributed by atoms with Gasteiger partial charge in [0, 0.05) is 30.8 Å². The highest BCUT2D eigenvalue weighted by Crippen LogP contribution is 2.54. The Bertz CT molecular complexity index is 1290. The molecule has 8 nitrogen and oxygen atoms in total. The van der Waals surface area contributed by atoms with E-state index in [1.54, 1.807) is 6.20 Å². The number of aliphatic hydroxyl groups excluding tert-OH is 1. The Balaban J connectivity index is 1.41. The molecule has 210 valence electrons. The molecule has 39 heavy (non-hydrogen) atoms.